The summed E-state index contributed by atoms with van der Waals surface area (Å²) in [5.74, 6) is -0.192. The van der Waals surface area contributed by atoms with Crippen LogP contribution in [-0.2, 0) is 9.53 Å². The second-order valence-corrected chi connectivity index (χ2v) is 6.46. The standard InChI is InChI=1S/C18H21NO8/c1-8-5-14(22)26-12-6-10(3-4-11(8)12)25-18-15(19-9(2)21)17(24)16(23)13(7-20)27-18/h3-6,13,15-18,20,23-24H,7H2,1-2H3,(H,19,21)/t13?,15-,16-,17-,18-/m0/s1. The Bertz CT molecular complexity index is 895. The number of amides is 1. The maximum absolute atomic E-state index is 11.6. The number of hydrogen-bond acceptors (Lipinski definition) is 8. The first-order chi connectivity index (χ1) is 12.8. The van der Waals surface area contributed by atoms with Crippen molar-refractivity contribution >= 4 is 16.9 Å². The molecule has 2 aromatic rings. The SMILES string of the molecule is CC(=O)N[C@@H]1[C@@H](Oc2ccc3c(C)cc(=O)oc3c2)OC(CO)[C@H](O)[C@H]1O. The van der Waals surface area contributed by atoms with Crippen molar-refractivity contribution in [2.45, 2.75) is 44.5 Å². The molecule has 1 saturated heterocycles. The van der Waals surface area contributed by atoms with Gasteiger partial charge in [0.1, 0.15) is 35.7 Å². The van der Waals surface area contributed by atoms with Crippen LogP contribution in [0.15, 0.2) is 33.5 Å². The third-order valence-corrected chi connectivity index (χ3v) is 4.43. The number of nitrogens with one attached hydrogen (secondary N) is 1. The maximum Gasteiger partial charge on any atom is 0.336 e. The summed E-state index contributed by atoms with van der Waals surface area (Å²) >= 11 is 0. The fraction of sp³-hybridized carbons (Fsp3) is 0.444. The van der Waals surface area contributed by atoms with Crippen LogP contribution >= 0.6 is 0 Å². The lowest BCUT2D eigenvalue weighted by Crippen LogP contribution is -2.65. The van der Waals surface area contributed by atoms with E-state index in [0.29, 0.717) is 5.58 Å². The van der Waals surface area contributed by atoms with Gasteiger partial charge >= 0.3 is 5.63 Å². The largest absolute Gasteiger partial charge is 0.462 e. The van der Waals surface area contributed by atoms with Crippen LogP contribution in [0.2, 0.25) is 0 Å². The number of aryl methyl sites for hydroxylation is 1. The lowest BCUT2D eigenvalue weighted by Gasteiger charge is -2.42. The smallest absolute Gasteiger partial charge is 0.336 e. The van der Waals surface area contributed by atoms with Crippen molar-refractivity contribution in [1.29, 1.82) is 0 Å². The van der Waals surface area contributed by atoms with Crippen LogP contribution in [0.25, 0.3) is 11.0 Å². The molecule has 27 heavy (non-hydrogen) atoms. The van der Waals surface area contributed by atoms with E-state index in [1.165, 1.54) is 19.1 Å². The molecular weight excluding hydrogens is 358 g/mol. The number of fused-ring (bicyclic) bond motifs is 1. The molecule has 9 nitrogen and oxygen atoms in total. The Labute approximate surface area is 154 Å². The molecule has 3 rings (SSSR count). The van der Waals surface area contributed by atoms with Crippen molar-refractivity contribution in [2.75, 3.05) is 6.61 Å². The number of benzene rings is 1. The van der Waals surface area contributed by atoms with Crippen LogP contribution in [0.5, 0.6) is 5.75 Å². The summed E-state index contributed by atoms with van der Waals surface area (Å²) in [7, 11) is 0. The summed E-state index contributed by atoms with van der Waals surface area (Å²) in [4.78, 5) is 23.0. The third-order valence-electron chi connectivity index (χ3n) is 4.43. The molecule has 146 valence electrons. The number of ether oxygens (including phenoxy) is 2. The Balaban J connectivity index is 1.91. The van der Waals surface area contributed by atoms with E-state index in [1.54, 1.807) is 19.1 Å². The van der Waals surface area contributed by atoms with E-state index >= 15 is 0 Å². The number of carbonyl (C=O) groups excluding carboxylic acids is 1. The topological polar surface area (TPSA) is 138 Å². The zero-order valence-electron chi connectivity index (χ0n) is 14.8. The van der Waals surface area contributed by atoms with Gasteiger partial charge in [-0.15, -0.1) is 0 Å². The zero-order chi connectivity index (χ0) is 19.7. The molecule has 1 unspecified atom stereocenters. The Morgan fingerprint density at radius 2 is 2.00 bits per heavy atom. The van der Waals surface area contributed by atoms with Crippen molar-refractivity contribution in [1.82, 2.24) is 5.32 Å². The minimum absolute atomic E-state index is 0.261. The van der Waals surface area contributed by atoms with Crippen LogP contribution in [0.3, 0.4) is 0 Å². The maximum atomic E-state index is 11.6. The zero-order valence-corrected chi connectivity index (χ0v) is 14.8. The van der Waals surface area contributed by atoms with E-state index in [1.807, 2.05) is 0 Å². The summed E-state index contributed by atoms with van der Waals surface area (Å²) in [6, 6.07) is 5.12. The molecule has 1 aromatic heterocycles. The highest BCUT2D eigenvalue weighted by atomic mass is 16.7. The predicted octanol–water partition coefficient (Wildman–Crippen LogP) is -0.576. The van der Waals surface area contributed by atoms with Gasteiger partial charge in [0.25, 0.3) is 0 Å². The summed E-state index contributed by atoms with van der Waals surface area (Å²) < 4.78 is 16.4. The van der Waals surface area contributed by atoms with Gasteiger partial charge in [0.05, 0.1) is 6.61 Å². The van der Waals surface area contributed by atoms with E-state index in [4.69, 9.17) is 13.9 Å². The van der Waals surface area contributed by atoms with E-state index < -0.39 is 48.8 Å². The predicted molar refractivity (Wildman–Crippen MR) is 93.2 cm³/mol. The monoisotopic (exact) mass is 379 g/mol. The lowest BCUT2D eigenvalue weighted by atomic mass is 9.97. The van der Waals surface area contributed by atoms with Gasteiger partial charge in [0.15, 0.2) is 0 Å². The highest BCUT2D eigenvalue weighted by Crippen LogP contribution is 2.27. The molecule has 0 saturated carbocycles. The first-order valence-electron chi connectivity index (χ1n) is 8.41. The molecule has 1 aliphatic heterocycles. The second kappa shape index (κ2) is 7.65. The molecule has 5 atom stereocenters. The fourth-order valence-corrected chi connectivity index (χ4v) is 3.08. The van der Waals surface area contributed by atoms with E-state index in [-0.39, 0.29) is 5.75 Å². The third kappa shape index (κ3) is 3.96. The minimum Gasteiger partial charge on any atom is -0.462 e. The molecule has 0 radical (unpaired) electrons. The molecule has 1 fully saturated rings. The highest BCUT2D eigenvalue weighted by Gasteiger charge is 2.46. The minimum atomic E-state index is -1.41. The fourth-order valence-electron chi connectivity index (χ4n) is 3.08. The van der Waals surface area contributed by atoms with Crippen LogP contribution in [0.4, 0.5) is 0 Å². The number of aliphatic hydroxyl groups is 3. The average molecular weight is 379 g/mol. The van der Waals surface area contributed by atoms with Gasteiger partial charge in [-0.05, 0) is 24.6 Å². The Morgan fingerprint density at radius 1 is 1.26 bits per heavy atom. The molecule has 1 amide bonds. The van der Waals surface area contributed by atoms with Crippen LogP contribution < -0.4 is 15.7 Å². The molecule has 2 heterocycles. The van der Waals surface area contributed by atoms with Crippen molar-refractivity contribution in [3.8, 4) is 5.75 Å². The molecule has 1 aromatic carbocycles. The number of rotatable bonds is 4. The van der Waals surface area contributed by atoms with E-state index in [0.717, 1.165) is 10.9 Å². The molecule has 0 aliphatic carbocycles. The van der Waals surface area contributed by atoms with Crippen LogP contribution in [0, 0.1) is 6.92 Å². The molecule has 4 N–H and O–H groups in total. The summed E-state index contributed by atoms with van der Waals surface area (Å²) in [6.45, 7) is 2.48. The molecule has 0 spiro atoms. The quantitative estimate of drug-likeness (QED) is 0.518. The van der Waals surface area contributed by atoms with Crippen molar-refractivity contribution in [3.05, 3.63) is 40.2 Å². The molecule has 9 heteroatoms. The van der Waals surface area contributed by atoms with E-state index in [9.17, 15) is 24.9 Å². The Hall–Kier alpha value is -2.46. The first-order valence-corrected chi connectivity index (χ1v) is 8.41. The first kappa shape index (κ1) is 19.3. The Kier molecular flexibility index (Phi) is 5.47. The highest BCUT2D eigenvalue weighted by molar-refractivity contribution is 5.81. The van der Waals surface area contributed by atoms with Gasteiger partial charge in [0, 0.05) is 24.4 Å². The number of carbonyl (C=O) groups is 1. The van der Waals surface area contributed by atoms with Gasteiger partial charge in [-0.25, -0.2) is 4.79 Å². The summed E-state index contributed by atoms with van der Waals surface area (Å²) in [6.07, 6.45) is -5.08. The Morgan fingerprint density at radius 3 is 2.67 bits per heavy atom. The second-order valence-electron chi connectivity index (χ2n) is 6.46. The molecule has 0 bridgehead atoms. The van der Waals surface area contributed by atoms with Crippen molar-refractivity contribution < 1.29 is 34.0 Å². The van der Waals surface area contributed by atoms with Crippen molar-refractivity contribution in [3.63, 3.8) is 0 Å². The van der Waals surface area contributed by atoms with E-state index in [2.05, 4.69) is 5.32 Å². The lowest BCUT2D eigenvalue weighted by molar-refractivity contribution is -0.244. The summed E-state index contributed by atoms with van der Waals surface area (Å²) in [5.41, 5.74) is 0.557. The van der Waals surface area contributed by atoms with Gasteiger partial charge in [0.2, 0.25) is 12.2 Å². The van der Waals surface area contributed by atoms with Gasteiger partial charge < -0.3 is 34.5 Å². The van der Waals surface area contributed by atoms with Crippen molar-refractivity contribution in [2.24, 2.45) is 0 Å². The van der Waals surface area contributed by atoms with Crippen LogP contribution in [0.1, 0.15) is 12.5 Å². The van der Waals surface area contributed by atoms with Crippen LogP contribution in [-0.4, -0.2) is 58.5 Å². The normalized spacial score (nSPS) is 28.1. The number of aliphatic hydroxyl groups excluding tert-OH is 3. The van der Waals surface area contributed by atoms with Gasteiger partial charge in [-0.1, -0.05) is 0 Å². The van der Waals surface area contributed by atoms with Gasteiger partial charge in [-0.3, -0.25) is 4.79 Å². The molecular formula is C18H21NO8. The molecule has 1 aliphatic rings. The average Bonchev–Trinajstić information content (AvgIpc) is 2.60. The van der Waals surface area contributed by atoms with Gasteiger partial charge in [-0.2, -0.15) is 0 Å². The summed E-state index contributed by atoms with van der Waals surface area (Å²) in [5, 5.41) is 32.9. The number of hydrogen-bond donors (Lipinski definition) is 4.